The van der Waals surface area contributed by atoms with E-state index in [0.29, 0.717) is 31.1 Å². The highest BCUT2D eigenvalue weighted by Gasteiger charge is 2.23. The fourth-order valence-electron chi connectivity index (χ4n) is 2.87. The molecular weight excluding hydrogens is 314 g/mol. The molecular formula is C20H21N3O2. The van der Waals surface area contributed by atoms with E-state index in [2.05, 4.69) is 11.4 Å². The summed E-state index contributed by atoms with van der Waals surface area (Å²) in [4.78, 5) is 14.1. The number of rotatable bonds is 4. The van der Waals surface area contributed by atoms with E-state index in [1.807, 2.05) is 54.6 Å². The molecule has 1 aliphatic heterocycles. The van der Waals surface area contributed by atoms with Gasteiger partial charge in [0.15, 0.2) is 0 Å². The van der Waals surface area contributed by atoms with E-state index in [-0.39, 0.29) is 11.9 Å². The van der Waals surface area contributed by atoms with Crippen LogP contribution in [0.4, 0.5) is 10.5 Å². The summed E-state index contributed by atoms with van der Waals surface area (Å²) >= 11 is 0. The summed E-state index contributed by atoms with van der Waals surface area (Å²) in [6, 6.07) is 19.4. The van der Waals surface area contributed by atoms with Gasteiger partial charge in [-0.2, -0.15) is 5.26 Å². The fourth-order valence-corrected chi connectivity index (χ4v) is 2.87. The molecule has 0 aliphatic carbocycles. The number of hydrogen-bond donors (Lipinski definition) is 1. The monoisotopic (exact) mass is 335 g/mol. The Morgan fingerprint density at radius 3 is 2.88 bits per heavy atom. The fraction of sp³-hybridized carbons (Fsp3) is 0.300. The van der Waals surface area contributed by atoms with Gasteiger partial charge in [-0.25, -0.2) is 4.79 Å². The van der Waals surface area contributed by atoms with Gasteiger partial charge in [-0.05, 0) is 30.5 Å². The third-order valence-corrected chi connectivity index (χ3v) is 4.22. The van der Waals surface area contributed by atoms with Crippen molar-refractivity contribution in [3.8, 4) is 11.8 Å². The third-order valence-electron chi connectivity index (χ3n) is 4.22. The van der Waals surface area contributed by atoms with Crippen molar-refractivity contribution in [2.24, 2.45) is 5.92 Å². The van der Waals surface area contributed by atoms with Crippen molar-refractivity contribution in [1.82, 2.24) is 4.90 Å². The lowest BCUT2D eigenvalue weighted by atomic mass is 10.0. The van der Waals surface area contributed by atoms with Gasteiger partial charge in [0.25, 0.3) is 0 Å². The number of carbonyl (C=O) groups excluding carboxylic acids is 1. The van der Waals surface area contributed by atoms with Crippen LogP contribution in [0.1, 0.15) is 18.4 Å². The first-order valence-corrected chi connectivity index (χ1v) is 8.47. The number of anilines is 1. The quantitative estimate of drug-likeness (QED) is 0.917. The third kappa shape index (κ3) is 4.74. The number of nitrogens with one attached hydrogen (secondary N) is 1. The van der Waals surface area contributed by atoms with Crippen LogP contribution in [0.15, 0.2) is 54.6 Å². The second-order valence-electron chi connectivity index (χ2n) is 6.15. The maximum atomic E-state index is 12.4. The molecule has 0 aromatic heterocycles. The second-order valence-corrected chi connectivity index (χ2v) is 6.15. The number of ether oxygens (including phenoxy) is 1. The molecule has 1 aliphatic rings. The van der Waals surface area contributed by atoms with Crippen molar-refractivity contribution in [1.29, 1.82) is 5.26 Å². The maximum Gasteiger partial charge on any atom is 0.321 e. The second kappa shape index (κ2) is 8.20. The molecule has 1 unspecified atom stereocenters. The van der Waals surface area contributed by atoms with Crippen molar-refractivity contribution in [2.75, 3.05) is 18.4 Å². The maximum absolute atomic E-state index is 12.4. The predicted molar refractivity (Wildman–Crippen MR) is 96.1 cm³/mol. The van der Waals surface area contributed by atoms with Gasteiger partial charge in [0.2, 0.25) is 0 Å². The highest BCUT2D eigenvalue weighted by atomic mass is 16.5. The van der Waals surface area contributed by atoms with Crippen molar-refractivity contribution in [3.05, 3.63) is 60.2 Å². The number of hydrogen-bond acceptors (Lipinski definition) is 3. The number of benzene rings is 2. The number of piperidine rings is 1. The summed E-state index contributed by atoms with van der Waals surface area (Å²) in [7, 11) is 0. The Morgan fingerprint density at radius 2 is 2.08 bits per heavy atom. The minimum Gasteiger partial charge on any atom is -0.489 e. The Kier molecular flexibility index (Phi) is 5.53. The van der Waals surface area contributed by atoms with Gasteiger partial charge >= 0.3 is 6.03 Å². The van der Waals surface area contributed by atoms with E-state index in [1.54, 1.807) is 4.90 Å². The number of nitrogens with zero attached hydrogens (tertiary/aromatic N) is 2. The SMILES string of the molecule is N#CC1CCCN(C(=O)Nc2cccc(OCc3ccccc3)c2)C1. The molecule has 1 fully saturated rings. The van der Waals surface area contributed by atoms with E-state index in [4.69, 9.17) is 10.00 Å². The van der Waals surface area contributed by atoms with Crippen LogP contribution in [0.25, 0.3) is 0 Å². The zero-order chi connectivity index (χ0) is 17.5. The number of nitriles is 1. The molecule has 128 valence electrons. The van der Waals surface area contributed by atoms with Crippen LogP contribution >= 0.6 is 0 Å². The van der Waals surface area contributed by atoms with Crippen molar-refractivity contribution in [3.63, 3.8) is 0 Å². The van der Waals surface area contributed by atoms with Crippen LogP contribution in [-0.4, -0.2) is 24.0 Å². The average molecular weight is 335 g/mol. The van der Waals surface area contributed by atoms with Crippen LogP contribution in [0.5, 0.6) is 5.75 Å². The number of likely N-dealkylation sites (tertiary alicyclic amines) is 1. The first kappa shape index (κ1) is 16.8. The minimum absolute atomic E-state index is 0.0694. The minimum atomic E-state index is -0.167. The number of amides is 2. The molecule has 0 bridgehead atoms. The summed E-state index contributed by atoms with van der Waals surface area (Å²) in [5.74, 6) is 0.634. The smallest absolute Gasteiger partial charge is 0.321 e. The lowest BCUT2D eigenvalue weighted by molar-refractivity contribution is 0.189. The standard InChI is InChI=1S/C20H21N3O2/c21-13-17-8-5-11-23(14-17)20(24)22-18-9-4-10-19(12-18)25-15-16-6-2-1-3-7-16/h1-4,6-7,9-10,12,17H,5,8,11,14-15H2,(H,22,24). The molecule has 2 amide bonds. The largest absolute Gasteiger partial charge is 0.489 e. The normalized spacial score (nSPS) is 16.8. The molecule has 2 aromatic rings. The Labute approximate surface area is 147 Å². The Balaban J connectivity index is 1.58. The zero-order valence-electron chi connectivity index (χ0n) is 14.0. The number of urea groups is 1. The molecule has 5 nitrogen and oxygen atoms in total. The summed E-state index contributed by atoms with van der Waals surface area (Å²) < 4.78 is 5.79. The zero-order valence-corrected chi connectivity index (χ0v) is 14.0. The van der Waals surface area contributed by atoms with Crippen LogP contribution in [-0.2, 0) is 6.61 Å². The predicted octanol–water partition coefficient (Wildman–Crippen LogP) is 4.03. The van der Waals surface area contributed by atoms with Crippen LogP contribution in [0.3, 0.4) is 0 Å². The summed E-state index contributed by atoms with van der Waals surface area (Å²) in [5.41, 5.74) is 1.78. The van der Waals surface area contributed by atoms with E-state index in [1.165, 1.54) is 0 Å². The molecule has 1 N–H and O–H groups in total. The molecule has 25 heavy (non-hydrogen) atoms. The van der Waals surface area contributed by atoms with Crippen molar-refractivity contribution >= 4 is 11.7 Å². The van der Waals surface area contributed by atoms with Gasteiger partial charge in [0.05, 0.1) is 12.0 Å². The van der Waals surface area contributed by atoms with E-state index < -0.39 is 0 Å². The molecule has 3 rings (SSSR count). The first-order valence-electron chi connectivity index (χ1n) is 8.47. The Morgan fingerprint density at radius 1 is 1.24 bits per heavy atom. The molecule has 1 saturated heterocycles. The first-order chi connectivity index (χ1) is 12.2. The molecule has 1 heterocycles. The summed E-state index contributed by atoms with van der Waals surface area (Å²) in [5, 5.41) is 11.9. The topological polar surface area (TPSA) is 65.4 Å². The van der Waals surface area contributed by atoms with Gasteiger partial charge in [-0.1, -0.05) is 36.4 Å². The van der Waals surface area contributed by atoms with E-state index in [9.17, 15) is 4.79 Å². The van der Waals surface area contributed by atoms with E-state index >= 15 is 0 Å². The molecule has 0 spiro atoms. The molecule has 0 saturated carbocycles. The average Bonchev–Trinajstić information content (AvgIpc) is 2.67. The van der Waals surface area contributed by atoms with Crippen LogP contribution < -0.4 is 10.1 Å². The van der Waals surface area contributed by atoms with Gasteiger partial charge in [0.1, 0.15) is 12.4 Å². The van der Waals surface area contributed by atoms with Crippen LogP contribution in [0, 0.1) is 17.2 Å². The highest BCUT2D eigenvalue weighted by Crippen LogP contribution is 2.21. The number of carbonyl (C=O) groups is 1. The van der Waals surface area contributed by atoms with Crippen molar-refractivity contribution in [2.45, 2.75) is 19.4 Å². The van der Waals surface area contributed by atoms with Gasteiger partial charge in [-0.15, -0.1) is 0 Å². The Hall–Kier alpha value is -3.00. The van der Waals surface area contributed by atoms with Gasteiger partial charge < -0.3 is 15.0 Å². The van der Waals surface area contributed by atoms with E-state index in [0.717, 1.165) is 18.4 Å². The molecule has 0 radical (unpaired) electrons. The lowest BCUT2D eigenvalue weighted by Gasteiger charge is -2.29. The summed E-state index contributed by atoms with van der Waals surface area (Å²) in [6.07, 6.45) is 1.73. The highest BCUT2D eigenvalue weighted by molar-refractivity contribution is 5.89. The molecule has 2 aromatic carbocycles. The van der Waals surface area contributed by atoms with Crippen molar-refractivity contribution < 1.29 is 9.53 Å². The lowest BCUT2D eigenvalue weighted by Crippen LogP contribution is -2.42. The van der Waals surface area contributed by atoms with Gasteiger partial charge in [0, 0.05) is 24.8 Å². The van der Waals surface area contributed by atoms with Gasteiger partial charge in [-0.3, -0.25) is 0 Å². The summed E-state index contributed by atoms with van der Waals surface area (Å²) in [6.45, 7) is 1.66. The molecule has 5 heteroatoms. The molecule has 1 atom stereocenters. The van der Waals surface area contributed by atoms with Crippen LogP contribution in [0.2, 0.25) is 0 Å². The Bertz CT molecular complexity index is 755.